The smallest absolute Gasteiger partial charge is 0.306 e. The number of hydrogen-bond acceptors (Lipinski definition) is 3. The number of ether oxygens (including phenoxy) is 1. The number of phenols is 1. The lowest BCUT2D eigenvalue weighted by Crippen LogP contribution is -2.06. The number of carbonyl (C=O) groups is 1. The van der Waals surface area contributed by atoms with Gasteiger partial charge in [-0.05, 0) is 29.9 Å². The van der Waals surface area contributed by atoms with E-state index in [-0.39, 0.29) is 11.9 Å². The van der Waals surface area contributed by atoms with Crippen molar-refractivity contribution in [3.05, 3.63) is 29.3 Å². The van der Waals surface area contributed by atoms with E-state index in [4.69, 9.17) is 4.74 Å². The van der Waals surface area contributed by atoms with Gasteiger partial charge in [-0.25, -0.2) is 0 Å². The minimum atomic E-state index is -0.203. The number of phenolic OH excluding ortho intramolecular Hbond substituents is 1. The zero-order valence-corrected chi connectivity index (χ0v) is 11.4. The number of esters is 1. The molecule has 0 radical (unpaired) electrons. The largest absolute Gasteiger partial charge is 0.507 e. The number of rotatable bonds is 6. The highest BCUT2D eigenvalue weighted by Crippen LogP contribution is 2.29. The first-order valence-electron chi connectivity index (χ1n) is 6.52. The van der Waals surface area contributed by atoms with Crippen LogP contribution in [0.3, 0.4) is 0 Å². The zero-order chi connectivity index (χ0) is 13.5. The van der Waals surface area contributed by atoms with Crippen molar-refractivity contribution < 1.29 is 14.6 Å². The predicted molar refractivity (Wildman–Crippen MR) is 71.8 cm³/mol. The van der Waals surface area contributed by atoms with Crippen molar-refractivity contribution in [2.75, 3.05) is 6.61 Å². The second-order valence-corrected chi connectivity index (χ2v) is 4.73. The summed E-state index contributed by atoms with van der Waals surface area (Å²) in [5.41, 5.74) is 1.74. The molecule has 1 N–H and O–H groups in total. The van der Waals surface area contributed by atoms with Gasteiger partial charge in [0.2, 0.25) is 0 Å². The molecule has 0 saturated heterocycles. The normalized spacial score (nSPS) is 10.7. The van der Waals surface area contributed by atoms with E-state index < -0.39 is 0 Å². The summed E-state index contributed by atoms with van der Waals surface area (Å²) in [6, 6.07) is 5.69. The minimum Gasteiger partial charge on any atom is -0.507 e. The Kier molecular flexibility index (Phi) is 5.69. The molecule has 0 heterocycles. The van der Waals surface area contributed by atoms with E-state index in [0.29, 0.717) is 25.2 Å². The number of benzene rings is 1. The van der Waals surface area contributed by atoms with Gasteiger partial charge in [0.25, 0.3) is 0 Å². The predicted octanol–water partition coefficient (Wildman–Crippen LogP) is 3.40. The monoisotopic (exact) mass is 250 g/mol. The first kappa shape index (κ1) is 14.6. The van der Waals surface area contributed by atoms with Crippen LogP contribution >= 0.6 is 0 Å². The first-order valence-corrected chi connectivity index (χ1v) is 6.52. The van der Waals surface area contributed by atoms with Crippen LogP contribution in [0.5, 0.6) is 5.75 Å². The van der Waals surface area contributed by atoms with Crippen molar-refractivity contribution in [1.82, 2.24) is 0 Å². The molecule has 0 saturated carbocycles. The van der Waals surface area contributed by atoms with Crippen LogP contribution in [0.2, 0.25) is 0 Å². The summed E-state index contributed by atoms with van der Waals surface area (Å²) < 4.78 is 5.01. The Hall–Kier alpha value is -1.51. The van der Waals surface area contributed by atoms with Gasteiger partial charge >= 0.3 is 5.97 Å². The van der Waals surface area contributed by atoms with Crippen LogP contribution in [0.25, 0.3) is 0 Å². The Balaban J connectivity index is 2.62. The Morgan fingerprint density at radius 2 is 2.11 bits per heavy atom. The number of aromatic hydroxyl groups is 1. The molecule has 0 fully saturated rings. The fourth-order valence-corrected chi connectivity index (χ4v) is 1.80. The fraction of sp³-hybridized carbons (Fsp3) is 0.533. The molecular formula is C15H22O3. The van der Waals surface area contributed by atoms with Gasteiger partial charge in [-0.1, -0.05) is 39.0 Å². The van der Waals surface area contributed by atoms with E-state index in [2.05, 4.69) is 0 Å². The topological polar surface area (TPSA) is 46.5 Å². The van der Waals surface area contributed by atoms with Crippen molar-refractivity contribution in [1.29, 1.82) is 0 Å². The van der Waals surface area contributed by atoms with Gasteiger partial charge in [-0.3, -0.25) is 4.79 Å². The molecule has 1 aromatic carbocycles. The molecule has 0 aromatic heterocycles. The van der Waals surface area contributed by atoms with Crippen LogP contribution in [0, 0.1) is 0 Å². The molecule has 0 bridgehead atoms. The Bertz CT molecular complexity index is 397. The molecule has 0 spiro atoms. The molecule has 1 aromatic rings. The number of carbonyl (C=O) groups excluding carboxylic acids is 1. The van der Waals surface area contributed by atoms with Crippen LogP contribution in [-0.2, 0) is 16.0 Å². The van der Waals surface area contributed by atoms with Crippen molar-refractivity contribution in [2.45, 2.75) is 46.0 Å². The maximum absolute atomic E-state index is 11.4. The van der Waals surface area contributed by atoms with Crippen LogP contribution in [0.4, 0.5) is 0 Å². The molecule has 0 amide bonds. The first-order chi connectivity index (χ1) is 8.56. The lowest BCUT2D eigenvalue weighted by atomic mass is 9.97. The lowest BCUT2D eigenvalue weighted by Gasteiger charge is -2.12. The Morgan fingerprint density at radius 3 is 2.72 bits per heavy atom. The summed E-state index contributed by atoms with van der Waals surface area (Å²) in [7, 11) is 0. The van der Waals surface area contributed by atoms with Crippen molar-refractivity contribution in [3.8, 4) is 5.75 Å². The van der Waals surface area contributed by atoms with Crippen molar-refractivity contribution in [3.63, 3.8) is 0 Å². The maximum Gasteiger partial charge on any atom is 0.306 e. The molecule has 0 aliphatic rings. The number of aryl methyl sites for hydroxylation is 1. The molecule has 0 unspecified atom stereocenters. The average Bonchev–Trinajstić information content (AvgIpc) is 2.34. The molecule has 1 rings (SSSR count). The van der Waals surface area contributed by atoms with E-state index in [1.165, 1.54) is 0 Å². The fourth-order valence-electron chi connectivity index (χ4n) is 1.80. The quantitative estimate of drug-likeness (QED) is 0.787. The SMILES string of the molecule is CCCOC(=O)CCc1cccc(C(C)C)c1O. The van der Waals surface area contributed by atoms with Gasteiger partial charge in [0.15, 0.2) is 0 Å². The van der Waals surface area contributed by atoms with Gasteiger partial charge < -0.3 is 9.84 Å². The second-order valence-electron chi connectivity index (χ2n) is 4.73. The molecule has 0 aliphatic heterocycles. The highest BCUT2D eigenvalue weighted by molar-refractivity contribution is 5.69. The summed E-state index contributed by atoms with van der Waals surface area (Å²) in [6.07, 6.45) is 1.67. The van der Waals surface area contributed by atoms with Crippen LogP contribution in [0.1, 0.15) is 50.7 Å². The lowest BCUT2D eigenvalue weighted by molar-refractivity contribution is -0.143. The van der Waals surface area contributed by atoms with Gasteiger partial charge in [-0.15, -0.1) is 0 Å². The van der Waals surface area contributed by atoms with E-state index in [9.17, 15) is 9.90 Å². The van der Waals surface area contributed by atoms with Crippen molar-refractivity contribution in [2.24, 2.45) is 0 Å². The summed E-state index contributed by atoms with van der Waals surface area (Å²) in [4.78, 5) is 11.4. The van der Waals surface area contributed by atoms with Crippen molar-refractivity contribution >= 4 is 5.97 Å². The summed E-state index contributed by atoms with van der Waals surface area (Å²) in [5, 5.41) is 10.1. The highest BCUT2D eigenvalue weighted by Gasteiger charge is 2.11. The maximum atomic E-state index is 11.4. The van der Waals surface area contributed by atoms with E-state index in [0.717, 1.165) is 17.5 Å². The van der Waals surface area contributed by atoms with E-state index in [1.807, 2.05) is 39.0 Å². The zero-order valence-electron chi connectivity index (χ0n) is 11.4. The Labute approximate surface area is 109 Å². The van der Waals surface area contributed by atoms with Gasteiger partial charge in [-0.2, -0.15) is 0 Å². The van der Waals surface area contributed by atoms with Crippen LogP contribution in [-0.4, -0.2) is 17.7 Å². The van der Waals surface area contributed by atoms with Crippen LogP contribution < -0.4 is 0 Å². The summed E-state index contributed by atoms with van der Waals surface area (Å²) >= 11 is 0. The van der Waals surface area contributed by atoms with E-state index in [1.54, 1.807) is 0 Å². The third kappa shape index (κ3) is 4.06. The minimum absolute atomic E-state index is 0.203. The Morgan fingerprint density at radius 1 is 1.39 bits per heavy atom. The molecule has 3 nitrogen and oxygen atoms in total. The van der Waals surface area contributed by atoms with Gasteiger partial charge in [0.1, 0.15) is 5.75 Å². The molecule has 18 heavy (non-hydrogen) atoms. The molecule has 0 aliphatic carbocycles. The van der Waals surface area contributed by atoms with E-state index >= 15 is 0 Å². The molecule has 0 atom stereocenters. The third-order valence-corrected chi connectivity index (χ3v) is 2.84. The van der Waals surface area contributed by atoms with Gasteiger partial charge in [0, 0.05) is 6.42 Å². The van der Waals surface area contributed by atoms with Gasteiger partial charge in [0.05, 0.1) is 6.61 Å². The molecule has 100 valence electrons. The summed E-state index contributed by atoms with van der Waals surface area (Å²) in [6.45, 7) is 6.50. The standard InChI is InChI=1S/C15H22O3/c1-4-10-18-14(16)9-8-12-6-5-7-13(11(2)3)15(12)17/h5-7,11,17H,4,8-10H2,1-3H3. The number of para-hydroxylation sites is 1. The molecule has 3 heteroatoms. The summed E-state index contributed by atoms with van der Waals surface area (Å²) in [5.74, 6) is 0.388. The van der Waals surface area contributed by atoms with Crippen LogP contribution in [0.15, 0.2) is 18.2 Å². The average molecular weight is 250 g/mol. The highest BCUT2D eigenvalue weighted by atomic mass is 16.5. The second kappa shape index (κ2) is 7.04. The third-order valence-electron chi connectivity index (χ3n) is 2.84. The molecular weight excluding hydrogens is 228 g/mol. The number of hydrogen-bond donors (Lipinski definition) is 1.